The number of nitrogens with one attached hydrogen (secondary N) is 1. The molecular weight excluding hydrogens is 424 g/mol. The lowest BCUT2D eigenvalue weighted by atomic mass is 9.93. The number of nitrogen functional groups attached to an aromatic ring is 1. The number of pyridine rings is 1. The van der Waals surface area contributed by atoms with Gasteiger partial charge < -0.3 is 15.6 Å². The number of carbonyl (C=O) groups is 1. The summed E-state index contributed by atoms with van der Waals surface area (Å²) in [4.78, 5) is 35.4. The molecule has 1 aliphatic rings. The summed E-state index contributed by atoms with van der Waals surface area (Å²) in [6.45, 7) is 2.37. The molecule has 1 amide bonds. The Morgan fingerprint density at radius 1 is 1.32 bits per heavy atom. The Morgan fingerprint density at radius 3 is 2.86 bits per heavy atom. The quantitative estimate of drug-likeness (QED) is 0.560. The molecule has 0 aromatic carbocycles. The predicted octanol–water partition coefficient (Wildman–Crippen LogP) is 2.49. The van der Waals surface area contributed by atoms with Gasteiger partial charge in [0.05, 0.1) is 4.47 Å². The Kier molecular flexibility index (Phi) is 5.38. The van der Waals surface area contributed by atoms with Gasteiger partial charge >= 0.3 is 0 Å². The zero-order valence-corrected chi connectivity index (χ0v) is 16.8. The lowest BCUT2D eigenvalue weighted by Crippen LogP contribution is -2.34. The molecule has 9 nitrogen and oxygen atoms in total. The van der Waals surface area contributed by atoms with Crippen molar-refractivity contribution in [1.29, 1.82) is 0 Å². The van der Waals surface area contributed by atoms with Gasteiger partial charge in [0.2, 0.25) is 12.4 Å². The van der Waals surface area contributed by atoms with Gasteiger partial charge in [0.15, 0.2) is 11.5 Å². The molecule has 0 bridgehead atoms. The molecule has 3 aromatic rings. The number of hydrogen-bond acceptors (Lipinski definition) is 7. The van der Waals surface area contributed by atoms with E-state index in [1.54, 1.807) is 6.20 Å². The minimum atomic E-state index is 0.366. The van der Waals surface area contributed by atoms with Crippen LogP contribution in [0.1, 0.15) is 19.3 Å². The highest BCUT2D eigenvalue weighted by molar-refractivity contribution is 9.10. The number of nitrogens with two attached hydrogens (primary N) is 1. The number of fused-ring (bicyclic) bond motifs is 1. The fourth-order valence-electron chi connectivity index (χ4n) is 3.51. The molecule has 0 aliphatic carbocycles. The Balaban J connectivity index is 1.60. The van der Waals surface area contributed by atoms with Crippen molar-refractivity contribution < 1.29 is 4.79 Å². The van der Waals surface area contributed by atoms with Gasteiger partial charge in [-0.2, -0.15) is 4.98 Å². The molecule has 3 N–H and O–H groups in total. The number of aromatic nitrogens is 5. The van der Waals surface area contributed by atoms with Crippen molar-refractivity contribution in [1.82, 2.24) is 29.8 Å². The number of amides is 1. The molecule has 28 heavy (non-hydrogen) atoms. The fraction of sp³-hybridized carbons (Fsp3) is 0.389. The van der Waals surface area contributed by atoms with Gasteiger partial charge in [0.25, 0.3) is 0 Å². The van der Waals surface area contributed by atoms with Crippen molar-refractivity contribution in [2.24, 2.45) is 5.92 Å². The Bertz CT molecular complexity index is 969. The average molecular weight is 445 g/mol. The van der Waals surface area contributed by atoms with Crippen molar-refractivity contribution in [2.45, 2.75) is 19.3 Å². The molecule has 146 valence electrons. The van der Waals surface area contributed by atoms with E-state index in [2.05, 4.69) is 40.8 Å². The van der Waals surface area contributed by atoms with Crippen LogP contribution in [0.2, 0.25) is 0 Å². The predicted molar refractivity (Wildman–Crippen MR) is 110 cm³/mol. The van der Waals surface area contributed by atoms with Crippen molar-refractivity contribution in [2.75, 3.05) is 30.3 Å². The van der Waals surface area contributed by atoms with E-state index in [9.17, 15) is 4.79 Å². The van der Waals surface area contributed by atoms with Crippen LogP contribution >= 0.6 is 15.9 Å². The standard InChI is InChI=1S/C18H21BrN8O/c19-13-2-1-6-21-17(13)27(9-5-12-3-7-26(11-28)8-4-12)18-24-14-15(20)22-10-23-16(14)25-18/h1-2,6,10-12H,3-5,7-9H2,(H3,20,22,23,24,25). The highest BCUT2D eigenvalue weighted by Gasteiger charge is 2.23. The summed E-state index contributed by atoms with van der Waals surface area (Å²) in [5.41, 5.74) is 7.10. The van der Waals surface area contributed by atoms with E-state index in [0.717, 1.165) is 55.6 Å². The van der Waals surface area contributed by atoms with E-state index >= 15 is 0 Å². The van der Waals surface area contributed by atoms with Gasteiger partial charge in [-0.3, -0.25) is 9.69 Å². The lowest BCUT2D eigenvalue weighted by molar-refractivity contribution is -0.119. The van der Waals surface area contributed by atoms with Crippen LogP contribution in [-0.4, -0.2) is 55.9 Å². The van der Waals surface area contributed by atoms with Crippen molar-refractivity contribution in [3.63, 3.8) is 0 Å². The van der Waals surface area contributed by atoms with E-state index in [0.29, 0.717) is 28.8 Å². The van der Waals surface area contributed by atoms with Crippen LogP contribution in [0.15, 0.2) is 29.1 Å². The van der Waals surface area contributed by atoms with Crippen LogP contribution in [0.5, 0.6) is 0 Å². The molecule has 0 radical (unpaired) electrons. The molecule has 3 aromatic heterocycles. The molecule has 0 atom stereocenters. The van der Waals surface area contributed by atoms with Crippen LogP contribution < -0.4 is 10.6 Å². The number of aromatic amines is 1. The second kappa shape index (κ2) is 8.09. The number of rotatable bonds is 6. The number of hydrogen-bond donors (Lipinski definition) is 2. The number of anilines is 3. The van der Waals surface area contributed by atoms with Gasteiger partial charge in [-0.05, 0) is 53.2 Å². The van der Waals surface area contributed by atoms with E-state index in [4.69, 9.17) is 5.73 Å². The first kappa shape index (κ1) is 18.6. The Morgan fingerprint density at radius 2 is 2.14 bits per heavy atom. The van der Waals surface area contributed by atoms with Crippen molar-refractivity contribution >= 4 is 51.1 Å². The van der Waals surface area contributed by atoms with E-state index in [-0.39, 0.29) is 0 Å². The molecule has 1 saturated heterocycles. The summed E-state index contributed by atoms with van der Waals surface area (Å²) in [5, 5.41) is 0. The molecule has 4 rings (SSSR count). The maximum absolute atomic E-state index is 10.9. The molecule has 1 aliphatic heterocycles. The minimum Gasteiger partial charge on any atom is -0.382 e. The van der Waals surface area contributed by atoms with E-state index in [1.165, 1.54) is 6.33 Å². The maximum atomic E-state index is 10.9. The molecule has 0 spiro atoms. The number of carbonyl (C=O) groups excluding carboxylic acids is 1. The maximum Gasteiger partial charge on any atom is 0.211 e. The van der Waals surface area contributed by atoms with Crippen LogP contribution in [0, 0.1) is 5.92 Å². The Labute approximate surface area is 170 Å². The third kappa shape index (κ3) is 3.77. The average Bonchev–Trinajstić information content (AvgIpc) is 3.15. The van der Waals surface area contributed by atoms with Crippen LogP contribution in [0.3, 0.4) is 0 Å². The monoisotopic (exact) mass is 444 g/mol. The highest BCUT2D eigenvalue weighted by atomic mass is 79.9. The van der Waals surface area contributed by atoms with E-state index in [1.807, 2.05) is 21.9 Å². The van der Waals surface area contributed by atoms with E-state index < -0.39 is 0 Å². The van der Waals surface area contributed by atoms with Crippen LogP contribution in [0.4, 0.5) is 17.6 Å². The molecule has 0 unspecified atom stereocenters. The van der Waals surface area contributed by atoms with Crippen LogP contribution in [0.25, 0.3) is 11.2 Å². The number of imidazole rings is 1. The largest absolute Gasteiger partial charge is 0.382 e. The molecule has 10 heteroatoms. The molecule has 0 saturated carbocycles. The summed E-state index contributed by atoms with van der Waals surface area (Å²) < 4.78 is 0.880. The first-order valence-electron chi connectivity index (χ1n) is 9.19. The van der Waals surface area contributed by atoms with Crippen LogP contribution in [-0.2, 0) is 4.79 Å². The first-order valence-corrected chi connectivity index (χ1v) is 9.98. The second-order valence-electron chi connectivity index (χ2n) is 6.85. The first-order chi connectivity index (χ1) is 13.7. The Hall–Kier alpha value is -2.75. The summed E-state index contributed by atoms with van der Waals surface area (Å²) in [6, 6.07) is 3.83. The number of nitrogens with zero attached hydrogens (tertiary/aromatic N) is 6. The third-order valence-corrected chi connectivity index (χ3v) is 5.73. The number of piperidine rings is 1. The summed E-state index contributed by atoms with van der Waals surface area (Å²) >= 11 is 3.59. The zero-order valence-electron chi connectivity index (χ0n) is 15.3. The third-order valence-electron chi connectivity index (χ3n) is 5.11. The van der Waals surface area contributed by atoms with Gasteiger partial charge in [-0.15, -0.1) is 0 Å². The SMILES string of the molecule is Nc1ncnc2nc(N(CCC3CCN(C=O)CC3)c3ncccc3Br)[nH]c12. The lowest BCUT2D eigenvalue weighted by Gasteiger charge is -2.31. The number of halogens is 1. The van der Waals surface area contributed by atoms with Gasteiger partial charge in [0, 0.05) is 25.8 Å². The molecular formula is C18H21BrN8O. The zero-order chi connectivity index (χ0) is 19.5. The summed E-state index contributed by atoms with van der Waals surface area (Å²) in [5.74, 6) is 2.32. The minimum absolute atomic E-state index is 0.366. The van der Waals surface area contributed by atoms with Crippen molar-refractivity contribution in [3.8, 4) is 0 Å². The topological polar surface area (TPSA) is 117 Å². The normalized spacial score (nSPS) is 15.1. The number of H-pyrrole nitrogens is 1. The van der Waals surface area contributed by atoms with Gasteiger partial charge in [-0.1, -0.05) is 0 Å². The number of likely N-dealkylation sites (tertiary alicyclic amines) is 1. The highest BCUT2D eigenvalue weighted by Crippen LogP contribution is 2.31. The van der Waals surface area contributed by atoms with Crippen molar-refractivity contribution in [3.05, 3.63) is 29.1 Å². The van der Waals surface area contributed by atoms with Gasteiger partial charge in [0.1, 0.15) is 17.7 Å². The summed E-state index contributed by atoms with van der Waals surface area (Å²) in [6.07, 6.45) is 7.08. The second-order valence-corrected chi connectivity index (χ2v) is 7.71. The summed E-state index contributed by atoms with van der Waals surface area (Å²) in [7, 11) is 0. The molecule has 4 heterocycles. The van der Waals surface area contributed by atoms with Gasteiger partial charge in [-0.25, -0.2) is 15.0 Å². The fourth-order valence-corrected chi connectivity index (χ4v) is 3.98. The smallest absolute Gasteiger partial charge is 0.211 e. The molecule has 1 fully saturated rings.